The van der Waals surface area contributed by atoms with Crippen LogP contribution in [0.1, 0.15) is 26.5 Å². The predicted molar refractivity (Wildman–Crippen MR) is 72.8 cm³/mol. The van der Waals surface area contributed by atoms with E-state index in [1.807, 2.05) is 47.3 Å². The molecule has 2 aromatic rings. The Labute approximate surface area is 109 Å². The Morgan fingerprint density at radius 2 is 1.50 bits per heavy atom. The highest BCUT2D eigenvalue weighted by Gasteiger charge is 2.15. The summed E-state index contributed by atoms with van der Waals surface area (Å²) in [5.41, 5.74) is 2.37. The highest BCUT2D eigenvalue weighted by Crippen LogP contribution is 2.17. The van der Waals surface area contributed by atoms with Gasteiger partial charge in [0.25, 0.3) is 6.23 Å². The third-order valence-corrected chi connectivity index (χ3v) is 2.99. The zero-order valence-electron chi connectivity index (χ0n) is 11.0. The summed E-state index contributed by atoms with van der Waals surface area (Å²) in [6, 6.07) is 14.3. The normalized spacial score (nSPS) is 12.7. The van der Waals surface area contributed by atoms with E-state index >= 15 is 0 Å². The summed E-state index contributed by atoms with van der Waals surface area (Å²) in [5, 5.41) is 10.0. The average Bonchev–Trinajstić information content (AvgIpc) is 2.39. The van der Waals surface area contributed by atoms with Crippen LogP contribution in [-0.4, -0.2) is 5.11 Å². The number of aliphatic hydroxyl groups is 1. The third-order valence-electron chi connectivity index (χ3n) is 2.99. The molecule has 0 saturated carbocycles. The van der Waals surface area contributed by atoms with Gasteiger partial charge in [-0.05, 0) is 17.0 Å². The maximum Gasteiger partial charge on any atom is 0.260 e. The lowest BCUT2D eigenvalue weighted by molar-refractivity contribution is -0.761. The van der Waals surface area contributed by atoms with Crippen molar-refractivity contribution in [3.63, 3.8) is 0 Å². The molecule has 0 aliphatic rings. The smallest absolute Gasteiger partial charge is 0.260 e. The van der Waals surface area contributed by atoms with Gasteiger partial charge in [0.2, 0.25) is 0 Å². The van der Waals surface area contributed by atoms with Crippen LogP contribution in [0.25, 0.3) is 11.1 Å². The van der Waals surface area contributed by atoms with Gasteiger partial charge in [-0.15, -0.1) is 0 Å². The van der Waals surface area contributed by atoms with Gasteiger partial charge in [0.05, 0.1) is 0 Å². The van der Waals surface area contributed by atoms with E-state index in [2.05, 4.69) is 26.0 Å². The van der Waals surface area contributed by atoms with Crippen LogP contribution in [0.15, 0.2) is 54.9 Å². The average molecular weight is 242 g/mol. The fourth-order valence-corrected chi connectivity index (χ4v) is 2.00. The maximum atomic E-state index is 10.0. The standard InChI is InChI=1S/C16H20NO/c1-13(2)12-16(18)17-10-8-15(9-11-17)14-6-4-3-5-7-14/h3-11,13,16,18H,12H2,1-2H3/q+1/t16-/m1/s1. The van der Waals surface area contributed by atoms with E-state index in [1.54, 1.807) is 0 Å². The summed E-state index contributed by atoms with van der Waals surface area (Å²) >= 11 is 0. The molecule has 1 heterocycles. The first kappa shape index (κ1) is 12.8. The van der Waals surface area contributed by atoms with Gasteiger partial charge >= 0.3 is 0 Å². The number of hydrogen-bond acceptors (Lipinski definition) is 1. The van der Waals surface area contributed by atoms with Gasteiger partial charge in [-0.3, -0.25) is 0 Å². The molecule has 1 aromatic heterocycles. The lowest BCUT2D eigenvalue weighted by Crippen LogP contribution is -2.39. The Balaban J connectivity index is 2.15. The van der Waals surface area contributed by atoms with Gasteiger partial charge in [-0.1, -0.05) is 44.2 Å². The minimum Gasteiger partial charge on any atom is -0.337 e. The molecule has 0 aliphatic carbocycles. The molecule has 0 unspecified atom stereocenters. The Bertz CT molecular complexity index is 476. The van der Waals surface area contributed by atoms with E-state index in [4.69, 9.17) is 0 Å². The first-order chi connectivity index (χ1) is 8.66. The minimum absolute atomic E-state index is 0.435. The fourth-order valence-electron chi connectivity index (χ4n) is 2.00. The van der Waals surface area contributed by atoms with Crippen molar-refractivity contribution < 1.29 is 9.67 Å². The van der Waals surface area contributed by atoms with E-state index < -0.39 is 6.23 Å². The van der Waals surface area contributed by atoms with Crippen molar-refractivity contribution in [2.24, 2.45) is 5.92 Å². The SMILES string of the molecule is CC(C)C[C@@H](O)[n+]1ccc(-c2ccccc2)cc1. The van der Waals surface area contributed by atoms with Crippen LogP contribution in [0.3, 0.4) is 0 Å². The fraction of sp³-hybridized carbons (Fsp3) is 0.312. The van der Waals surface area contributed by atoms with E-state index in [1.165, 1.54) is 11.1 Å². The van der Waals surface area contributed by atoms with Crippen molar-refractivity contribution in [3.8, 4) is 11.1 Å². The molecule has 0 fully saturated rings. The molecule has 94 valence electrons. The molecule has 1 atom stereocenters. The van der Waals surface area contributed by atoms with Crippen molar-refractivity contribution in [1.29, 1.82) is 0 Å². The number of aromatic nitrogens is 1. The number of nitrogens with zero attached hydrogens (tertiary/aromatic N) is 1. The second-order valence-corrected chi connectivity index (χ2v) is 5.01. The predicted octanol–water partition coefficient (Wildman–Crippen LogP) is 3.18. The lowest BCUT2D eigenvalue weighted by atomic mass is 10.1. The summed E-state index contributed by atoms with van der Waals surface area (Å²) in [7, 11) is 0. The van der Waals surface area contributed by atoms with E-state index in [0.29, 0.717) is 5.92 Å². The van der Waals surface area contributed by atoms with Gasteiger partial charge in [0.1, 0.15) is 0 Å². The van der Waals surface area contributed by atoms with Crippen molar-refractivity contribution in [2.45, 2.75) is 26.5 Å². The Morgan fingerprint density at radius 3 is 2.06 bits per heavy atom. The molecule has 0 bridgehead atoms. The third kappa shape index (κ3) is 3.17. The van der Waals surface area contributed by atoms with Gasteiger partial charge in [-0.2, -0.15) is 4.57 Å². The molecule has 2 nitrogen and oxygen atoms in total. The molecule has 1 N–H and O–H groups in total. The van der Waals surface area contributed by atoms with Crippen LogP contribution < -0.4 is 4.57 Å². The zero-order valence-corrected chi connectivity index (χ0v) is 11.0. The summed E-state index contributed by atoms with van der Waals surface area (Å²) in [4.78, 5) is 0. The van der Waals surface area contributed by atoms with E-state index in [0.717, 1.165) is 6.42 Å². The van der Waals surface area contributed by atoms with Crippen LogP contribution >= 0.6 is 0 Å². The first-order valence-electron chi connectivity index (χ1n) is 6.41. The number of hydrogen-bond donors (Lipinski definition) is 1. The van der Waals surface area contributed by atoms with Crippen LogP contribution in [0, 0.1) is 5.92 Å². The Hall–Kier alpha value is -1.67. The first-order valence-corrected chi connectivity index (χ1v) is 6.41. The van der Waals surface area contributed by atoms with Crippen LogP contribution in [0.2, 0.25) is 0 Å². The molecule has 0 aliphatic heterocycles. The van der Waals surface area contributed by atoms with E-state index in [-0.39, 0.29) is 0 Å². The quantitative estimate of drug-likeness (QED) is 0.818. The summed E-state index contributed by atoms with van der Waals surface area (Å²) in [5.74, 6) is 0.487. The molecular weight excluding hydrogens is 222 g/mol. The maximum absolute atomic E-state index is 10.0. The van der Waals surface area contributed by atoms with Gasteiger partial charge in [0, 0.05) is 18.6 Å². The number of aliphatic hydroxyl groups excluding tert-OH is 1. The van der Waals surface area contributed by atoms with E-state index in [9.17, 15) is 5.11 Å². The van der Waals surface area contributed by atoms with Gasteiger partial charge in [-0.25, -0.2) is 0 Å². The van der Waals surface area contributed by atoms with Crippen molar-refractivity contribution in [2.75, 3.05) is 0 Å². The highest BCUT2D eigenvalue weighted by atomic mass is 16.3. The number of rotatable bonds is 4. The topological polar surface area (TPSA) is 24.1 Å². The molecule has 0 spiro atoms. The molecule has 2 rings (SSSR count). The summed E-state index contributed by atoms with van der Waals surface area (Å²) < 4.78 is 1.85. The minimum atomic E-state index is -0.435. The number of pyridine rings is 1. The highest BCUT2D eigenvalue weighted by molar-refractivity contribution is 5.61. The lowest BCUT2D eigenvalue weighted by Gasteiger charge is -2.08. The summed E-state index contributed by atoms with van der Waals surface area (Å²) in [6.45, 7) is 4.23. The van der Waals surface area contributed by atoms with Gasteiger partial charge < -0.3 is 5.11 Å². The van der Waals surface area contributed by atoms with Crippen LogP contribution in [0.5, 0.6) is 0 Å². The summed E-state index contributed by atoms with van der Waals surface area (Å²) in [6.07, 6.45) is 4.22. The van der Waals surface area contributed by atoms with Gasteiger partial charge in [0.15, 0.2) is 12.4 Å². The second-order valence-electron chi connectivity index (χ2n) is 5.01. The molecule has 0 radical (unpaired) electrons. The monoisotopic (exact) mass is 242 g/mol. The van der Waals surface area contributed by atoms with Crippen molar-refractivity contribution in [1.82, 2.24) is 0 Å². The largest absolute Gasteiger partial charge is 0.337 e. The Morgan fingerprint density at radius 1 is 0.944 bits per heavy atom. The molecule has 2 heteroatoms. The second kappa shape index (κ2) is 5.78. The van der Waals surface area contributed by atoms with Crippen molar-refractivity contribution in [3.05, 3.63) is 54.9 Å². The molecular formula is C16H20NO+. The van der Waals surface area contributed by atoms with Crippen molar-refractivity contribution >= 4 is 0 Å². The molecule has 0 amide bonds. The molecule has 18 heavy (non-hydrogen) atoms. The Kier molecular flexibility index (Phi) is 4.11. The zero-order chi connectivity index (χ0) is 13.0. The van der Waals surface area contributed by atoms with Crippen LogP contribution in [-0.2, 0) is 0 Å². The van der Waals surface area contributed by atoms with Crippen LogP contribution in [0.4, 0.5) is 0 Å². The molecule has 1 aromatic carbocycles. The molecule has 0 saturated heterocycles. The number of benzene rings is 1.